The molecule has 7 nitrogen and oxygen atoms in total. The Morgan fingerprint density at radius 3 is 2.45 bits per heavy atom. The molecule has 3 aromatic rings. The molecule has 0 spiro atoms. The van der Waals surface area contributed by atoms with Crippen LogP contribution in [0.25, 0.3) is 11.0 Å². The quantitative estimate of drug-likeness (QED) is 0.727. The molecule has 0 aliphatic carbocycles. The molecule has 1 aromatic heterocycles. The van der Waals surface area contributed by atoms with Crippen LogP contribution in [0, 0.1) is 22.7 Å². The second kappa shape index (κ2) is 7.24. The molecule has 0 radical (unpaired) electrons. The first kappa shape index (κ1) is 19.8. The number of fused-ring (bicyclic) bond motifs is 1. The van der Waals surface area contributed by atoms with E-state index in [-0.39, 0.29) is 17.6 Å². The summed E-state index contributed by atoms with van der Waals surface area (Å²) in [4.78, 5) is 13.3. The van der Waals surface area contributed by atoms with Gasteiger partial charge in [-0.3, -0.25) is 4.79 Å². The molecule has 3 rings (SSSR count). The number of aromatic nitrogens is 3. The number of benzene rings is 2. The predicted molar refractivity (Wildman–Crippen MR) is 95.2 cm³/mol. The summed E-state index contributed by atoms with van der Waals surface area (Å²) in [7, 11) is 0. The normalized spacial score (nSPS) is 13.3. The van der Waals surface area contributed by atoms with Crippen LogP contribution < -0.4 is 5.32 Å². The number of alkyl halides is 3. The van der Waals surface area contributed by atoms with Gasteiger partial charge < -0.3 is 5.32 Å². The average molecular weight is 398 g/mol. The molecular formula is C19H13F3N6O. The van der Waals surface area contributed by atoms with Gasteiger partial charge in [0.25, 0.3) is 5.91 Å². The van der Waals surface area contributed by atoms with Gasteiger partial charge in [0, 0.05) is 5.56 Å². The van der Waals surface area contributed by atoms with Gasteiger partial charge in [0.2, 0.25) is 0 Å². The summed E-state index contributed by atoms with van der Waals surface area (Å²) in [5.41, 5.74) is -3.04. The molecule has 1 amide bonds. The van der Waals surface area contributed by atoms with Gasteiger partial charge in [-0.05, 0) is 31.2 Å². The third-order valence-corrected chi connectivity index (χ3v) is 4.09. The van der Waals surface area contributed by atoms with E-state index in [0.29, 0.717) is 11.6 Å². The highest BCUT2D eigenvalue weighted by atomic mass is 19.4. The number of nitrogens with zero attached hydrogens (tertiary/aromatic N) is 5. The largest absolute Gasteiger partial charge is 0.418 e. The van der Waals surface area contributed by atoms with Crippen molar-refractivity contribution in [3.63, 3.8) is 0 Å². The molecule has 1 heterocycles. The van der Waals surface area contributed by atoms with Crippen molar-refractivity contribution in [2.45, 2.75) is 25.2 Å². The van der Waals surface area contributed by atoms with Crippen LogP contribution in [0.1, 0.15) is 28.4 Å². The maximum atomic E-state index is 13.3. The number of hydrogen-bond acceptors (Lipinski definition) is 5. The Kier molecular flexibility index (Phi) is 4.95. The first-order valence-electron chi connectivity index (χ1n) is 8.30. The lowest BCUT2D eigenvalue weighted by molar-refractivity contribution is -0.136. The molecule has 0 aliphatic rings. The summed E-state index contributed by atoms with van der Waals surface area (Å²) in [6.07, 6.45) is -4.73. The highest BCUT2D eigenvalue weighted by molar-refractivity contribution is 5.94. The van der Waals surface area contributed by atoms with E-state index >= 15 is 0 Å². The molecule has 10 heteroatoms. The van der Waals surface area contributed by atoms with E-state index in [2.05, 4.69) is 15.5 Å². The standard InChI is InChI=1S/C19H13F3N6O/c1-18(10-24,25-17(29)13-5-3-2-4-6-13)11-28-26-15-8-12(9-23)7-14(16(15)27-28)19(20,21)22/h2-8H,11H2,1H3,(H,25,29). The van der Waals surface area contributed by atoms with Gasteiger partial charge in [0.15, 0.2) is 0 Å². The van der Waals surface area contributed by atoms with Crippen LogP contribution in [-0.2, 0) is 12.7 Å². The van der Waals surface area contributed by atoms with E-state index in [1.165, 1.54) is 13.0 Å². The van der Waals surface area contributed by atoms with Crippen molar-refractivity contribution < 1.29 is 18.0 Å². The molecule has 2 aromatic carbocycles. The third-order valence-electron chi connectivity index (χ3n) is 4.09. The van der Waals surface area contributed by atoms with Crippen molar-refractivity contribution in [1.29, 1.82) is 10.5 Å². The lowest BCUT2D eigenvalue weighted by Crippen LogP contribution is -2.48. The molecule has 0 fully saturated rings. The molecule has 0 aliphatic heterocycles. The van der Waals surface area contributed by atoms with Crippen LogP contribution in [0.15, 0.2) is 42.5 Å². The monoisotopic (exact) mass is 398 g/mol. The Hall–Kier alpha value is -3.92. The molecule has 1 unspecified atom stereocenters. The summed E-state index contributed by atoms with van der Waals surface area (Å²) >= 11 is 0. The summed E-state index contributed by atoms with van der Waals surface area (Å²) in [6, 6.07) is 13.6. The van der Waals surface area contributed by atoms with Crippen molar-refractivity contribution in [2.75, 3.05) is 0 Å². The van der Waals surface area contributed by atoms with Crippen LogP contribution in [-0.4, -0.2) is 26.4 Å². The lowest BCUT2D eigenvalue weighted by Gasteiger charge is -2.22. The number of nitrogens with one attached hydrogen (secondary N) is 1. The van der Waals surface area contributed by atoms with Gasteiger partial charge in [-0.25, -0.2) is 0 Å². The highest BCUT2D eigenvalue weighted by Gasteiger charge is 2.35. The van der Waals surface area contributed by atoms with Crippen molar-refractivity contribution >= 4 is 16.9 Å². The van der Waals surface area contributed by atoms with E-state index in [1.807, 2.05) is 6.07 Å². The highest BCUT2D eigenvalue weighted by Crippen LogP contribution is 2.34. The SMILES string of the molecule is CC(C#N)(Cn1nc2cc(C#N)cc(C(F)(F)F)c2n1)NC(=O)c1ccccc1. The lowest BCUT2D eigenvalue weighted by atomic mass is 10.0. The molecular weight excluding hydrogens is 385 g/mol. The summed E-state index contributed by atoms with van der Waals surface area (Å²) < 4.78 is 39.9. The number of amides is 1. The zero-order valence-electron chi connectivity index (χ0n) is 15.0. The summed E-state index contributed by atoms with van der Waals surface area (Å²) in [5.74, 6) is -0.519. The maximum Gasteiger partial charge on any atom is 0.418 e. The molecule has 1 atom stereocenters. The fraction of sp³-hybridized carbons (Fsp3) is 0.211. The van der Waals surface area contributed by atoms with E-state index < -0.39 is 28.7 Å². The third kappa shape index (κ3) is 4.17. The fourth-order valence-electron chi connectivity index (χ4n) is 2.71. The smallest absolute Gasteiger partial charge is 0.332 e. The predicted octanol–water partition coefficient (Wildman–Crippen LogP) is 3.03. The van der Waals surface area contributed by atoms with E-state index in [0.717, 1.165) is 4.80 Å². The van der Waals surface area contributed by atoms with Crippen molar-refractivity contribution in [2.24, 2.45) is 0 Å². The maximum absolute atomic E-state index is 13.3. The Labute approximate surface area is 163 Å². The zero-order chi connectivity index (χ0) is 21.2. The Bertz CT molecular complexity index is 1160. The van der Waals surface area contributed by atoms with Gasteiger partial charge in [0.05, 0.1) is 29.8 Å². The number of carbonyl (C=O) groups excluding carboxylic acids is 1. The minimum atomic E-state index is -4.73. The van der Waals surface area contributed by atoms with E-state index in [1.54, 1.807) is 36.4 Å². The minimum Gasteiger partial charge on any atom is -0.332 e. The minimum absolute atomic E-state index is 0.133. The first-order valence-corrected chi connectivity index (χ1v) is 8.30. The number of rotatable bonds is 4. The van der Waals surface area contributed by atoms with Crippen molar-refractivity contribution in [3.8, 4) is 12.1 Å². The molecule has 1 N–H and O–H groups in total. The van der Waals surface area contributed by atoms with Gasteiger partial charge in [-0.2, -0.15) is 38.7 Å². The van der Waals surface area contributed by atoms with Gasteiger partial charge in [-0.15, -0.1) is 0 Å². The molecule has 29 heavy (non-hydrogen) atoms. The number of halogens is 3. The van der Waals surface area contributed by atoms with Crippen LogP contribution >= 0.6 is 0 Å². The van der Waals surface area contributed by atoms with Crippen LogP contribution in [0.2, 0.25) is 0 Å². The molecule has 0 saturated heterocycles. The second-order valence-corrected chi connectivity index (χ2v) is 6.50. The summed E-state index contributed by atoms with van der Waals surface area (Å²) in [5, 5.41) is 28.8. The van der Waals surface area contributed by atoms with E-state index in [9.17, 15) is 23.2 Å². The number of carbonyl (C=O) groups is 1. The zero-order valence-corrected chi connectivity index (χ0v) is 15.0. The van der Waals surface area contributed by atoms with E-state index in [4.69, 9.17) is 5.26 Å². The Morgan fingerprint density at radius 1 is 1.17 bits per heavy atom. The molecule has 0 saturated carbocycles. The number of nitriles is 2. The molecule has 146 valence electrons. The van der Waals surface area contributed by atoms with Gasteiger partial charge in [0.1, 0.15) is 16.6 Å². The van der Waals surface area contributed by atoms with Crippen LogP contribution in [0.5, 0.6) is 0 Å². The first-order chi connectivity index (χ1) is 13.6. The summed E-state index contributed by atoms with van der Waals surface area (Å²) in [6.45, 7) is 1.11. The number of hydrogen-bond donors (Lipinski definition) is 1. The Morgan fingerprint density at radius 2 is 1.86 bits per heavy atom. The van der Waals surface area contributed by atoms with Crippen LogP contribution in [0.3, 0.4) is 0 Å². The van der Waals surface area contributed by atoms with Gasteiger partial charge >= 0.3 is 6.18 Å². The molecule has 0 bridgehead atoms. The average Bonchev–Trinajstić information content (AvgIpc) is 3.08. The fourth-order valence-corrected chi connectivity index (χ4v) is 2.71. The van der Waals surface area contributed by atoms with Crippen LogP contribution in [0.4, 0.5) is 13.2 Å². The van der Waals surface area contributed by atoms with Gasteiger partial charge in [-0.1, -0.05) is 18.2 Å². The Balaban J connectivity index is 1.95. The van der Waals surface area contributed by atoms with Crippen molar-refractivity contribution in [3.05, 3.63) is 59.2 Å². The second-order valence-electron chi connectivity index (χ2n) is 6.50. The topological polar surface area (TPSA) is 107 Å². The van der Waals surface area contributed by atoms with Crippen molar-refractivity contribution in [1.82, 2.24) is 20.3 Å².